The number of ketones is 1. The summed E-state index contributed by atoms with van der Waals surface area (Å²) in [6, 6.07) is 7.98. The first kappa shape index (κ1) is 12.3. The summed E-state index contributed by atoms with van der Waals surface area (Å²) in [5, 5.41) is 3.40. The Balaban J connectivity index is 1.95. The molecular weight excluding hydrogens is 212 g/mol. The van der Waals surface area contributed by atoms with Crippen LogP contribution in [0.15, 0.2) is 24.3 Å². The summed E-state index contributed by atoms with van der Waals surface area (Å²) in [5.41, 5.74) is 2.09. The summed E-state index contributed by atoms with van der Waals surface area (Å²) in [6.45, 7) is 7.05. The largest absolute Gasteiger partial charge is 0.315 e. The molecule has 0 aliphatic carbocycles. The lowest BCUT2D eigenvalue weighted by Gasteiger charge is -2.19. The molecule has 3 heteroatoms. The number of carbonyl (C=O) groups excluding carboxylic acids is 1. The lowest BCUT2D eigenvalue weighted by molar-refractivity contribution is 0.101. The smallest absolute Gasteiger partial charge is 0.159 e. The molecule has 1 fully saturated rings. The normalized spacial score (nSPS) is 17.7. The second-order valence-electron chi connectivity index (χ2n) is 4.63. The number of carbonyl (C=O) groups is 1. The summed E-state index contributed by atoms with van der Waals surface area (Å²) in [6.07, 6.45) is 1.21. The number of Topliss-reactive ketones (excluding diaryl/α,β-unsaturated/α-hetero) is 1. The van der Waals surface area contributed by atoms with Gasteiger partial charge < -0.3 is 5.32 Å². The second-order valence-corrected chi connectivity index (χ2v) is 4.63. The molecule has 1 heterocycles. The van der Waals surface area contributed by atoms with Crippen molar-refractivity contribution in [1.29, 1.82) is 0 Å². The SMILES string of the molecule is CC(=O)c1ccc(CN2CCCNCC2)cc1. The predicted molar refractivity (Wildman–Crippen MR) is 69.2 cm³/mol. The Morgan fingerprint density at radius 2 is 2.00 bits per heavy atom. The van der Waals surface area contributed by atoms with Gasteiger partial charge in [0.25, 0.3) is 0 Å². The highest BCUT2D eigenvalue weighted by molar-refractivity contribution is 5.93. The third kappa shape index (κ3) is 3.65. The third-order valence-corrected chi connectivity index (χ3v) is 3.20. The van der Waals surface area contributed by atoms with E-state index < -0.39 is 0 Å². The molecule has 2 rings (SSSR count). The van der Waals surface area contributed by atoms with Gasteiger partial charge in [0, 0.05) is 25.2 Å². The van der Waals surface area contributed by atoms with Crippen LogP contribution < -0.4 is 5.32 Å². The minimum absolute atomic E-state index is 0.135. The molecule has 0 atom stereocenters. The molecule has 1 N–H and O–H groups in total. The van der Waals surface area contributed by atoms with Crippen LogP contribution in [-0.4, -0.2) is 36.9 Å². The van der Waals surface area contributed by atoms with Crippen LogP contribution in [0.2, 0.25) is 0 Å². The first-order chi connectivity index (χ1) is 8.25. The van der Waals surface area contributed by atoms with Gasteiger partial charge in [-0.15, -0.1) is 0 Å². The first-order valence-electron chi connectivity index (χ1n) is 6.28. The molecule has 1 aliphatic rings. The van der Waals surface area contributed by atoms with E-state index in [9.17, 15) is 4.79 Å². The fourth-order valence-electron chi connectivity index (χ4n) is 2.16. The van der Waals surface area contributed by atoms with E-state index in [1.807, 2.05) is 12.1 Å². The standard InChI is InChI=1S/C14H20N2O/c1-12(17)14-5-3-13(4-6-14)11-16-9-2-7-15-8-10-16/h3-6,15H,2,7-11H2,1H3. The first-order valence-corrected chi connectivity index (χ1v) is 6.28. The van der Waals surface area contributed by atoms with E-state index in [-0.39, 0.29) is 5.78 Å². The number of nitrogens with zero attached hydrogens (tertiary/aromatic N) is 1. The highest BCUT2D eigenvalue weighted by Crippen LogP contribution is 2.09. The van der Waals surface area contributed by atoms with E-state index in [0.717, 1.165) is 38.3 Å². The summed E-state index contributed by atoms with van der Waals surface area (Å²) in [4.78, 5) is 13.6. The summed E-state index contributed by atoms with van der Waals surface area (Å²) >= 11 is 0. The van der Waals surface area contributed by atoms with Crippen molar-refractivity contribution in [3.05, 3.63) is 35.4 Å². The highest BCUT2D eigenvalue weighted by atomic mass is 16.1. The number of hydrogen-bond donors (Lipinski definition) is 1. The van der Waals surface area contributed by atoms with Crippen LogP contribution >= 0.6 is 0 Å². The summed E-state index contributed by atoms with van der Waals surface area (Å²) < 4.78 is 0. The van der Waals surface area contributed by atoms with Crippen molar-refractivity contribution in [2.45, 2.75) is 19.9 Å². The molecule has 0 radical (unpaired) electrons. The topological polar surface area (TPSA) is 32.3 Å². The number of hydrogen-bond acceptors (Lipinski definition) is 3. The van der Waals surface area contributed by atoms with E-state index in [4.69, 9.17) is 0 Å². The second kappa shape index (κ2) is 5.94. The van der Waals surface area contributed by atoms with E-state index in [1.54, 1.807) is 6.92 Å². The van der Waals surface area contributed by atoms with Crippen molar-refractivity contribution in [3.8, 4) is 0 Å². The third-order valence-electron chi connectivity index (χ3n) is 3.20. The van der Waals surface area contributed by atoms with Gasteiger partial charge in [0.2, 0.25) is 0 Å². The molecule has 0 bridgehead atoms. The molecule has 0 spiro atoms. The van der Waals surface area contributed by atoms with E-state index in [0.29, 0.717) is 0 Å². The van der Waals surface area contributed by atoms with Crippen LogP contribution in [0.25, 0.3) is 0 Å². The summed E-state index contributed by atoms with van der Waals surface area (Å²) in [5.74, 6) is 0.135. The lowest BCUT2D eigenvalue weighted by atomic mass is 10.1. The zero-order valence-corrected chi connectivity index (χ0v) is 10.4. The van der Waals surface area contributed by atoms with Crippen molar-refractivity contribution >= 4 is 5.78 Å². The Morgan fingerprint density at radius 1 is 1.24 bits per heavy atom. The Kier molecular flexibility index (Phi) is 4.29. The van der Waals surface area contributed by atoms with Gasteiger partial charge in [-0.05, 0) is 32.0 Å². The molecule has 3 nitrogen and oxygen atoms in total. The Labute approximate surface area is 103 Å². The molecule has 92 valence electrons. The number of benzene rings is 1. The van der Waals surface area contributed by atoms with Crippen molar-refractivity contribution in [2.75, 3.05) is 26.2 Å². The molecule has 0 saturated carbocycles. The van der Waals surface area contributed by atoms with Crippen molar-refractivity contribution in [3.63, 3.8) is 0 Å². The van der Waals surface area contributed by atoms with Gasteiger partial charge in [0.15, 0.2) is 5.78 Å². The van der Waals surface area contributed by atoms with Gasteiger partial charge in [-0.2, -0.15) is 0 Å². The highest BCUT2D eigenvalue weighted by Gasteiger charge is 2.09. The quantitative estimate of drug-likeness (QED) is 0.805. The molecule has 0 amide bonds. The Bertz CT molecular complexity index is 364. The zero-order valence-electron chi connectivity index (χ0n) is 10.4. The average Bonchev–Trinajstić information content (AvgIpc) is 2.58. The number of nitrogens with one attached hydrogen (secondary N) is 1. The van der Waals surface area contributed by atoms with Crippen LogP contribution in [0.5, 0.6) is 0 Å². The van der Waals surface area contributed by atoms with Gasteiger partial charge in [-0.3, -0.25) is 9.69 Å². The van der Waals surface area contributed by atoms with Gasteiger partial charge in [0.05, 0.1) is 0 Å². The average molecular weight is 232 g/mol. The lowest BCUT2D eigenvalue weighted by Crippen LogP contribution is -2.27. The maximum absolute atomic E-state index is 11.2. The minimum atomic E-state index is 0.135. The Morgan fingerprint density at radius 3 is 2.71 bits per heavy atom. The molecule has 1 aromatic rings. The minimum Gasteiger partial charge on any atom is -0.315 e. The predicted octanol–water partition coefficient (Wildman–Crippen LogP) is 1.68. The van der Waals surface area contributed by atoms with E-state index in [2.05, 4.69) is 22.3 Å². The van der Waals surface area contributed by atoms with Gasteiger partial charge in [-0.25, -0.2) is 0 Å². The summed E-state index contributed by atoms with van der Waals surface area (Å²) in [7, 11) is 0. The van der Waals surface area contributed by atoms with E-state index >= 15 is 0 Å². The molecule has 1 aliphatic heterocycles. The fourth-order valence-corrected chi connectivity index (χ4v) is 2.16. The van der Waals surface area contributed by atoms with Crippen molar-refractivity contribution in [2.24, 2.45) is 0 Å². The fraction of sp³-hybridized carbons (Fsp3) is 0.500. The van der Waals surface area contributed by atoms with Gasteiger partial charge in [-0.1, -0.05) is 24.3 Å². The van der Waals surface area contributed by atoms with Crippen LogP contribution in [0, 0.1) is 0 Å². The van der Waals surface area contributed by atoms with Crippen molar-refractivity contribution in [1.82, 2.24) is 10.2 Å². The Hall–Kier alpha value is -1.19. The molecule has 0 aromatic heterocycles. The molecule has 17 heavy (non-hydrogen) atoms. The maximum atomic E-state index is 11.2. The van der Waals surface area contributed by atoms with Crippen LogP contribution in [0.1, 0.15) is 29.3 Å². The number of rotatable bonds is 3. The van der Waals surface area contributed by atoms with Gasteiger partial charge >= 0.3 is 0 Å². The molecule has 1 aromatic carbocycles. The molecular formula is C14H20N2O. The monoisotopic (exact) mass is 232 g/mol. The van der Waals surface area contributed by atoms with Crippen LogP contribution in [0.3, 0.4) is 0 Å². The van der Waals surface area contributed by atoms with Crippen LogP contribution in [0.4, 0.5) is 0 Å². The zero-order chi connectivity index (χ0) is 12.1. The molecule has 0 unspecified atom stereocenters. The maximum Gasteiger partial charge on any atom is 0.159 e. The molecule has 1 saturated heterocycles. The van der Waals surface area contributed by atoms with Crippen molar-refractivity contribution < 1.29 is 4.79 Å². The van der Waals surface area contributed by atoms with E-state index in [1.165, 1.54) is 12.0 Å². The van der Waals surface area contributed by atoms with Crippen LogP contribution in [-0.2, 0) is 6.54 Å². The van der Waals surface area contributed by atoms with Gasteiger partial charge in [0.1, 0.15) is 0 Å².